The number of guanidine groups is 1. The van der Waals surface area contributed by atoms with Crippen LogP contribution in [0.5, 0.6) is 5.75 Å². The minimum Gasteiger partial charge on any atom is -0.491 e. The minimum absolute atomic E-state index is 0.558. The van der Waals surface area contributed by atoms with Crippen molar-refractivity contribution >= 4 is 5.96 Å². The number of nitrogens with zero attached hydrogens (tertiary/aromatic N) is 2. The van der Waals surface area contributed by atoms with E-state index in [2.05, 4.69) is 18.8 Å². The highest BCUT2D eigenvalue weighted by atomic mass is 16.5. The molecule has 5 heteroatoms. The number of benzene rings is 1. The summed E-state index contributed by atoms with van der Waals surface area (Å²) < 4.78 is 10.4. The smallest absolute Gasteiger partial charge is 0.191 e. The van der Waals surface area contributed by atoms with Crippen LogP contribution in [0.25, 0.3) is 0 Å². The van der Waals surface area contributed by atoms with E-state index in [-0.39, 0.29) is 0 Å². The summed E-state index contributed by atoms with van der Waals surface area (Å²) in [5.74, 6) is 1.43. The van der Waals surface area contributed by atoms with Crippen LogP contribution in [0.2, 0.25) is 0 Å². The molecule has 0 unspecified atom stereocenters. The molecular weight excluding hydrogens is 254 g/mol. The number of hydrogen-bond acceptors (Lipinski definition) is 3. The van der Waals surface area contributed by atoms with Crippen LogP contribution < -0.4 is 10.5 Å². The molecule has 1 aromatic rings. The van der Waals surface area contributed by atoms with Crippen LogP contribution in [0.3, 0.4) is 0 Å². The second kappa shape index (κ2) is 9.20. The lowest BCUT2D eigenvalue weighted by atomic mass is 10.2. The molecule has 0 aliphatic carbocycles. The Labute approximate surface area is 121 Å². The minimum atomic E-state index is 0.558. The van der Waals surface area contributed by atoms with Crippen LogP contribution in [-0.2, 0) is 11.3 Å². The maximum absolute atomic E-state index is 5.94. The maximum Gasteiger partial charge on any atom is 0.191 e. The molecule has 1 rings (SSSR count). The van der Waals surface area contributed by atoms with Gasteiger partial charge in [0, 0.05) is 20.2 Å². The molecule has 1 aromatic carbocycles. The van der Waals surface area contributed by atoms with Gasteiger partial charge in [0.05, 0.1) is 13.2 Å². The second-order valence-corrected chi connectivity index (χ2v) is 4.33. The highest BCUT2D eigenvalue weighted by molar-refractivity contribution is 5.77. The molecule has 0 atom stereocenters. The van der Waals surface area contributed by atoms with Gasteiger partial charge in [-0.3, -0.25) is 0 Å². The predicted molar refractivity (Wildman–Crippen MR) is 82.1 cm³/mol. The van der Waals surface area contributed by atoms with Gasteiger partial charge < -0.3 is 20.1 Å². The summed E-state index contributed by atoms with van der Waals surface area (Å²) in [6.45, 7) is 7.61. The molecule has 0 aromatic heterocycles. The fraction of sp³-hybridized carbons (Fsp3) is 0.533. The van der Waals surface area contributed by atoms with E-state index in [0.717, 1.165) is 24.4 Å². The quantitative estimate of drug-likeness (QED) is 0.448. The molecule has 0 aliphatic rings. The number of rotatable bonds is 8. The van der Waals surface area contributed by atoms with Crippen molar-refractivity contribution in [3.8, 4) is 5.75 Å². The molecule has 0 heterocycles. The molecule has 0 radical (unpaired) electrons. The highest BCUT2D eigenvalue weighted by Crippen LogP contribution is 2.12. The largest absolute Gasteiger partial charge is 0.491 e. The Morgan fingerprint density at radius 2 is 1.80 bits per heavy atom. The first-order chi connectivity index (χ1) is 9.71. The van der Waals surface area contributed by atoms with E-state index in [9.17, 15) is 0 Å². The van der Waals surface area contributed by atoms with E-state index < -0.39 is 0 Å². The summed E-state index contributed by atoms with van der Waals surface area (Å²) in [5.41, 5.74) is 7.05. The van der Waals surface area contributed by atoms with Gasteiger partial charge in [-0.05, 0) is 31.5 Å². The fourth-order valence-electron chi connectivity index (χ4n) is 1.75. The number of nitrogens with two attached hydrogens (primary N) is 1. The van der Waals surface area contributed by atoms with Gasteiger partial charge in [0.1, 0.15) is 12.4 Å². The van der Waals surface area contributed by atoms with Crippen molar-refractivity contribution in [1.82, 2.24) is 4.90 Å². The van der Waals surface area contributed by atoms with Crippen LogP contribution in [0.4, 0.5) is 0 Å². The lowest BCUT2D eigenvalue weighted by Crippen LogP contribution is -2.37. The topological polar surface area (TPSA) is 60.1 Å². The third-order valence-corrected chi connectivity index (χ3v) is 2.99. The zero-order valence-electron chi connectivity index (χ0n) is 12.6. The van der Waals surface area contributed by atoms with Crippen molar-refractivity contribution in [2.45, 2.75) is 20.4 Å². The van der Waals surface area contributed by atoms with Gasteiger partial charge in [-0.2, -0.15) is 0 Å². The first kappa shape index (κ1) is 16.3. The third kappa shape index (κ3) is 5.48. The molecule has 0 fully saturated rings. The Morgan fingerprint density at radius 3 is 2.35 bits per heavy atom. The van der Waals surface area contributed by atoms with Crippen molar-refractivity contribution < 1.29 is 9.47 Å². The highest BCUT2D eigenvalue weighted by Gasteiger charge is 2.01. The summed E-state index contributed by atoms with van der Waals surface area (Å²) in [6.07, 6.45) is 0. The maximum atomic E-state index is 5.94. The Hall–Kier alpha value is -1.75. The molecule has 0 saturated carbocycles. The molecule has 0 aliphatic heterocycles. The standard InChI is InChI=1S/C15H25N3O2/c1-4-18(5-2)15(16)17-12-13-6-8-14(9-7-13)20-11-10-19-3/h6-9H,4-5,10-12H2,1-3H3,(H2,16,17). The molecule has 0 spiro atoms. The summed E-state index contributed by atoms with van der Waals surface area (Å²) >= 11 is 0. The van der Waals surface area contributed by atoms with E-state index in [0.29, 0.717) is 25.7 Å². The summed E-state index contributed by atoms with van der Waals surface area (Å²) in [5, 5.41) is 0. The monoisotopic (exact) mass is 279 g/mol. The van der Waals surface area contributed by atoms with Crippen molar-refractivity contribution in [3.05, 3.63) is 29.8 Å². The zero-order chi connectivity index (χ0) is 14.8. The van der Waals surface area contributed by atoms with Gasteiger partial charge in [0.25, 0.3) is 0 Å². The first-order valence-corrected chi connectivity index (χ1v) is 6.96. The van der Waals surface area contributed by atoms with Crippen LogP contribution >= 0.6 is 0 Å². The zero-order valence-corrected chi connectivity index (χ0v) is 12.6. The SMILES string of the molecule is CCN(CC)C(N)=NCc1ccc(OCCOC)cc1. The normalized spacial score (nSPS) is 11.4. The molecule has 20 heavy (non-hydrogen) atoms. The number of ether oxygens (including phenoxy) is 2. The third-order valence-electron chi connectivity index (χ3n) is 2.99. The predicted octanol–water partition coefficient (Wildman–Crippen LogP) is 1.87. The van der Waals surface area contributed by atoms with Gasteiger partial charge in [-0.15, -0.1) is 0 Å². The first-order valence-electron chi connectivity index (χ1n) is 6.96. The lowest BCUT2D eigenvalue weighted by molar-refractivity contribution is 0.146. The summed E-state index contributed by atoms with van der Waals surface area (Å²) in [4.78, 5) is 6.43. The Bertz CT molecular complexity index is 400. The number of aliphatic imine (C=N–C) groups is 1. The van der Waals surface area contributed by atoms with Crippen molar-refractivity contribution in [2.24, 2.45) is 10.7 Å². The van der Waals surface area contributed by atoms with Crippen LogP contribution in [0.1, 0.15) is 19.4 Å². The van der Waals surface area contributed by atoms with E-state index in [4.69, 9.17) is 15.2 Å². The van der Waals surface area contributed by atoms with E-state index in [1.165, 1.54) is 0 Å². The lowest BCUT2D eigenvalue weighted by Gasteiger charge is -2.19. The van der Waals surface area contributed by atoms with Crippen molar-refractivity contribution in [1.29, 1.82) is 0 Å². The molecule has 0 amide bonds. The summed E-state index contributed by atoms with van der Waals surface area (Å²) in [6, 6.07) is 7.88. The number of methoxy groups -OCH3 is 1. The van der Waals surface area contributed by atoms with Gasteiger partial charge >= 0.3 is 0 Å². The Morgan fingerprint density at radius 1 is 1.15 bits per heavy atom. The van der Waals surface area contributed by atoms with Crippen LogP contribution in [0.15, 0.2) is 29.3 Å². The molecule has 5 nitrogen and oxygen atoms in total. The molecule has 2 N–H and O–H groups in total. The fourth-order valence-corrected chi connectivity index (χ4v) is 1.75. The Kier molecular flexibility index (Phi) is 7.50. The second-order valence-electron chi connectivity index (χ2n) is 4.33. The van der Waals surface area contributed by atoms with Gasteiger partial charge in [0.15, 0.2) is 5.96 Å². The average Bonchev–Trinajstić information content (AvgIpc) is 2.48. The van der Waals surface area contributed by atoms with Crippen molar-refractivity contribution in [2.75, 3.05) is 33.4 Å². The van der Waals surface area contributed by atoms with Gasteiger partial charge in [-0.1, -0.05) is 12.1 Å². The summed E-state index contributed by atoms with van der Waals surface area (Å²) in [7, 11) is 1.66. The Balaban J connectivity index is 2.50. The van der Waals surface area contributed by atoms with E-state index >= 15 is 0 Å². The van der Waals surface area contributed by atoms with Gasteiger partial charge in [-0.25, -0.2) is 4.99 Å². The van der Waals surface area contributed by atoms with Crippen LogP contribution in [0, 0.1) is 0 Å². The number of hydrogen-bond donors (Lipinski definition) is 1. The van der Waals surface area contributed by atoms with Gasteiger partial charge in [0.2, 0.25) is 0 Å². The average molecular weight is 279 g/mol. The van der Waals surface area contributed by atoms with E-state index in [1.807, 2.05) is 29.2 Å². The van der Waals surface area contributed by atoms with E-state index in [1.54, 1.807) is 7.11 Å². The molecule has 0 saturated heterocycles. The molecule has 0 bridgehead atoms. The van der Waals surface area contributed by atoms with Crippen molar-refractivity contribution in [3.63, 3.8) is 0 Å². The molecule has 112 valence electrons. The van der Waals surface area contributed by atoms with Crippen LogP contribution in [-0.4, -0.2) is 44.3 Å². The molecular formula is C15H25N3O2.